The zero-order valence-corrected chi connectivity index (χ0v) is 14.9. The van der Waals surface area contributed by atoms with Gasteiger partial charge in [-0.1, -0.05) is 12.1 Å². The monoisotopic (exact) mass is 356 g/mol. The first-order chi connectivity index (χ1) is 12.2. The van der Waals surface area contributed by atoms with E-state index < -0.39 is 5.97 Å². The van der Waals surface area contributed by atoms with Gasteiger partial charge in [-0.05, 0) is 35.6 Å². The number of carbonyl (C=O) groups is 2. The number of hydrogen-bond acceptors (Lipinski definition) is 5. The summed E-state index contributed by atoms with van der Waals surface area (Å²) < 4.78 is 4.78. The number of thiophene rings is 1. The zero-order valence-electron chi connectivity index (χ0n) is 14.1. The Morgan fingerprint density at radius 3 is 2.68 bits per heavy atom. The van der Waals surface area contributed by atoms with Gasteiger partial charge in [-0.2, -0.15) is 0 Å². The summed E-state index contributed by atoms with van der Waals surface area (Å²) in [6.45, 7) is 3.46. The average molecular weight is 356 g/mol. The van der Waals surface area contributed by atoms with Gasteiger partial charge in [0.2, 0.25) is 0 Å². The molecule has 5 nitrogen and oxygen atoms in total. The Morgan fingerprint density at radius 1 is 1.16 bits per heavy atom. The van der Waals surface area contributed by atoms with Crippen molar-refractivity contribution >= 4 is 23.2 Å². The number of fused-ring (bicyclic) bond motifs is 1. The maximum atomic E-state index is 12.8. The molecule has 2 aliphatic rings. The normalized spacial score (nSPS) is 17.7. The van der Waals surface area contributed by atoms with Gasteiger partial charge in [-0.3, -0.25) is 9.69 Å². The smallest absolute Gasteiger partial charge is 0.338 e. The van der Waals surface area contributed by atoms with Crippen LogP contribution in [0.4, 0.5) is 0 Å². The van der Waals surface area contributed by atoms with Crippen molar-refractivity contribution in [2.75, 3.05) is 26.7 Å². The van der Waals surface area contributed by atoms with Crippen LogP contribution in [0.1, 0.15) is 31.2 Å². The van der Waals surface area contributed by atoms with Crippen LogP contribution in [0, 0.1) is 0 Å². The van der Waals surface area contributed by atoms with Gasteiger partial charge in [0.05, 0.1) is 18.2 Å². The van der Waals surface area contributed by atoms with Crippen molar-refractivity contribution in [1.29, 1.82) is 0 Å². The number of ether oxygens (including phenoxy) is 1. The Bertz CT molecular complexity index is 811. The van der Waals surface area contributed by atoms with E-state index in [1.54, 1.807) is 24.3 Å². The van der Waals surface area contributed by atoms with Crippen LogP contribution < -0.4 is 0 Å². The lowest BCUT2D eigenvalue weighted by atomic mass is 9.99. The molecule has 1 saturated heterocycles. The Morgan fingerprint density at radius 2 is 1.92 bits per heavy atom. The largest absolute Gasteiger partial charge is 0.465 e. The fourth-order valence-electron chi connectivity index (χ4n) is 3.56. The molecule has 1 amide bonds. The van der Waals surface area contributed by atoms with E-state index in [1.807, 2.05) is 16.2 Å². The summed E-state index contributed by atoms with van der Waals surface area (Å²) >= 11 is 1.84. The van der Waals surface area contributed by atoms with Gasteiger partial charge in [0.1, 0.15) is 0 Å². The quantitative estimate of drug-likeness (QED) is 0.793. The van der Waals surface area contributed by atoms with E-state index >= 15 is 0 Å². The molecule has 2 aliphatic heterocycles. The summed E-state index contributed by atoms with van der Waals surface area (Å²) in [6, 6.07) is 9.47. The molecule has 0 aliphatic carbocycles. The summed E-state index contributed by atoms with van der Waals surface area (Å²) in [5.74, 6) is -0.562. The molecule has 3 heterocycles. The molecule has 1 aromatic carbocycles. The number of methoxy groups -OCH3 is 1. The van der Waals surface area contributed by atoms with Gasteiger partial charge < -0.3 is 9.64 Å². The van der Waals surface area contributed by atoms with E-state index in [1.165, 1.54) is 17.6 Å². The lowest BCUT2D eigenvalue weighted by Gasteiger charge is -2.46. The van der Waals surface area contributed by atoms with Crippen molar-refractivity contribution in [2.45, 2.75) is 19.0 Å². The lowest BCUT2D eigenvalue weighted by molar-refractivity contribution is 0.0217. The molecule has 0 atom stereocenters. The Hall–Kier alpha value is -2.18. The highest BCUT2D eigenvalue weighted by atomic mass is 32.1. The van der Waals surface area contributed by atoms with Crippen LogP contribution in [0.5, 0.6) is 0 Å². The molecule has 0 unspecified atom stereocenters. The molecule has 25 heavy (non-hydrogen) atoms. The van der Waals surface area contributed by atoms with Crippen LogP contribution in [0.3, 0.4) is 0 Å². The molecule has 4 rings (SSSR count). The fourth-order valence-corrected chi connectivity index (χ4v) is 4.45. The predicted octanol–water partition coefficient (Wildman–Crippen LogP) is 2.42. The van der Waals surface area contributed by atoms with Crippen LogP contribution >= 0.6 is 11.3 Å². The van der Waals surface area contributed by atoms with E-state index in [9.17, 15) is 9.59 Å². The highest BCUT2D eigenvalue weighted by molar-refractivity contribution is 7.10. The average Bonchev–Trinajstić information content (AvgIpc) is 3.07. The number of nitrogens with zero attached hydrogens (tertiary/aromatic N) is 2. The third kappa shape index (κ3) is 2.96. The minimum Gasteiger partial charge on any atom is -0.465 e. The molecule has 0 spiro atoms. The van der Waals surface area contributed by atoms with E-state index in [0.717, 1.165) is 19.5 Å². The first kappa shape index (κ1) is 16.3. The highest BCUT2D eigenvalue weighted by Crippen LogP contribution is 2.28. The first-order valence-corrected chi connectivity index (χ1v) is 9.31. The van der Waals surface area contributed by atoms with Crippen molar-refractivity contribution in [1.82, 2.24) is 9.80 Å². The van der Waals surface area contributed by atoms with E-state index in [0.29, 0.717) is 30.3 Å². The molecule has 6 heteroatoms. The molecule has 0 saturated carbocycles. The van der Waals surface area contributed by atoms with Crippen molar-refractivity contribution in [3.8, 4) is 0 Å². The van der Waals surface area contributed by atoms with E-state index in [4.69, 9.17) is 4.74 Å². The second-order valence-corrected chi connectivity index (χ2v) is 7.49. The molecular weight excluding hydrogens is 336 g/mol. The second kappa shape index (κ2) is 6.61. The number of carbonyl (C=O) groups excluding carboxylic acids is 2. The standard InChI is InChI=1S/C19H20N2O3S/c1-24-19(23)16-5-3-2-4-15(16)18(22)21-11-14(12-21)20-8-6-17-13(10-20)7-9-25-17/h2-5,7,9,14H,6,8,10-12H2,1H3. The van der Waals surface area contributed by atoms with Crippen LogP contribution in [0.25, 0.3) is 0 Å². The fraction of sp³-hybridized carbons (Fsp3) is 0.368. The van der Waals surface area contributed by atoms with Gasteiger partial charge in [0, 0.05) is 37.1 Å². The molecule has 0 bridgehead atoms. The SMILES string of the molecule is COC(=O)c1ccccc1C(=O)N1CC(N2CCc3sccc3C2)C1. The van der Waals surface area contributed by atoms with Crippen molar-refractivity contribution in [2.24, 2.45) is 0 Å². The van der Waals surface area contributed by atoms with Crippen molar-refractivity contribution < 1.29 is 14.3 Å². The number of esters is 1. The Balaban J connectivity index is 1.41. The maximum Gasteiger partial charge on any atom is 0.338 e. The minimum atomic E-state index is -0.470. The summed E-state index contributed by atoms with van der Waals surface area (Å²) in [4.78, 5) is 30.4. The highest BCUT2D eigenvalue weighted by Gasteiger charge is 2.37. The van der Waals surface area contributed by atoms with Gasteiger partial charge in [-0.25, -0.2) is 4.79 Å². The third-order valence-electron chi connectivity index (χ3n) is 5.07. The molecule has 0 radical (unpaired) electrons. The van der Waals surface area contributed by atoms with Crippen molar-refractivity contribution in [3.63, 3.8) is 0 Å². The lowest BCUT2D eigenvalue weighted by Crippen LogP contribution is -2.61. The van der Waals surface area contributed by atoms with Gasteiger partial charge >= 0.3 is 5.97 Å². The van der Waals surface area contributed by atoms with Crippen LogP contribution in [0.15, 0.2) is 35.7 Å². The second-order valence-electron chi connectivity index (χ2n) is 6.49. The van der Waals surface area contributed by atoms with Crippen LogP contribution in [0.2, 0.25) is 0 Å². The van der Waals surface area contributed by atoms with Crippen molar-refractivity contribution in [3.05, 3.63) is 57.3 Å². The summed E-state index contributed by atoms with van der Waals surface area (Å²) in [5.41, 5.74) is 2.18. The van der Waals surface area contributed by atoms with Gasteiger partial charge in [-0.15, -0.1) is 11.3 Å². The third-order valence-corrected chi connectivity index (χ3v) is 6.09. The van der Waals surface area contributed by atoms with Crippen LogP contribution in [-0.2, 0) is 17.7 Å². The number of likely N-dealkylation sites (tertiary alicyclic amines) is 1. The topological polar surface area (TPSA) is 49.9 Å². The maximum absolute atomic E-state index is 12.8. The molecule has 1 fully saturated rings. The number of hydrogen-bond donors (Lipinski definition) is 0. The van der Waals surface area contributed by atoms with Gasteiger partial charge in [0.15, 0.2) is 0 Å². The number of rotatable bonds is 3. The predicted molar refractivity (Wildman–Crippen MR) is 95.9 cm³/mol. The zero-order chi connectivity index (χ0) is 17.4. The molecule has 0 N–H and O–H groups in total. The molecule has 130 valence electrons. The first-order valence-electron chi connectivity index (χ1n) is 8.43. The molecule has 1 aromatic heterocycles. The Labute approximate surface area is 150 Å². The summed E-state index contributed by atoms with van der Waals surface area (Å²) in [7, 11) is 1.33. The number of benzene rings is 1. The number of amides is 1. The minimum absolute atomic E-state index is 0.0921. The van der Waals surface area contributed by atoms with E-state index in [2.05, 4.69) is 16.3 Å². The Kier molecular flexibility index (Phi) is 4.31. The van der Waals surface area contributed by atoms with Gasteiger partial charge in [0.25, 0.3) is 5.91 Å². The molecule has 2 aromatic rings. The summed E-state index contributed by atoms with van der Waals surface area (Å²) in [5, 5.41) is 2.16. The summed E-state index contributed by atoms with van der Waals surface area (Å²) in [6.07, 6.45) is 1.10. The van der Waals surface area contributed by atoms with E-state index in [-0.39, 0.29) is 5.91 Å². The molecular formula is C19H20N2O3S. The van der Waals surface area contributed by atoms with Crippen LogP contribution in [-0.4, -0.2) is 54.5 Å².